The molecule has 0 heterocycles. The molecule has 90 valence electrons. The SMILES string of the molecule is CCCOCC(O)C(N)Cc1ccccc1. The van der Waals surface area contributed by atoms with Crippen molar-refractivity contribution in [3.63, 3.8) is 0 Å². The minimum Gasteiger partial charge on any atom is -0.389 e. The average molecular weight is 223 g/mol. The van der Waals surface area contributed by atoms with Crippen molar-refractivity contribution in [3.8, 4) is 0 Å². The highest BCUT2D eigenvalue weighted by Crippen LogP contribution is 2.04. The van der Waals surface area contributed by atoms with Gasteiger partial charge in [0.2, 0.25) is 0 Å². The van der Waals surface area contributed by atoms with Crippen LogP contribution in [-0.2, 0) is 11.2 Å². The van der Waals surface area contributed by atoms with Gasteiger partial charge in [0.1, 0.15) is 0 Å². The summed E-state index contributed by atoms with van der Waals surface area (Å²) in [5.74, 6) is 0. The smallest absolute Gasteiger partial charge is 0.0927 e. The second-order valence-corrected chi connectivity index (χ2v) is 4.00. The Hall–Kier alpha value is -0.900. The summed E-state index contributed by atoms with van der Waals surface area (Å²) in [5.41, 5.74) is 7.04. The maximum Gasteiger partial charge on any atom is 0.0927 e. The zero-order chi connectivity index (χ0) is 11.8. The standard InChI is InChI=1S/C13H21NO2/c1-2-8-16-10-13(15)12(14)9-11-6-4-3-5-7-11/h3-7,12-13,15H,2,8-10,14H2,1H3. The lowest BCUT2D eigenvalue weighted by atomic mass is 10.0. The molecular formula is C13H21NO2. The summed E-state index contributed by atoms with van der Waals surface area (Å²) < 4.78 is 5.27. The Morgan fingerprint density at radius 2 is 2.00 bits per heavy atom. The van der Waals surface area contributed by atoms with Crippen LogP contribution in [0, 0.1) is 0 Å². The molecule has 0 radical (unpaired) electrons. The minimum absolute atomic E-state index is 0.265. The first-order chi connectivity index (χ1) is 7.74. The summed E-state index contributed by atoms with van der Waals surface area (Å²) in [6, 6.07) is 9.68. The minimum atomic E-state index is -0.591. The third-order valence-electron chi connectivity index (χ3n) is 2.45. The van der Waals surface area contributed by atoms with E-state index in [2.05, 4.69) is 0 Å². The van der Waals surface area contributed by atoms with Crippen molar-refractivity contribution in [3.05, 3.63) is 35.9 Å². The van der Waals surface area contributed by atoms with E-state index in [1.807, 2.05) is 37.3 Å². The fraction of sp³-hybridized carbons (Fsp3) is 0.538. The summed E-state index contributed by atoms with van der Waals surface area (Å²) in [7, 11) is 0. The van der Waals surface area contributed by atoms with Gasteiger partial charge in [-0.2, -0.15) is 0 Å². The number of rotatable bonds is 7. The maximum atomic E-state index is 9.76. The van der Waals surface area contributed by atoms with Crippen molar-refractivity contribution in [1.82, 2.24) is 0 Å². The fourth-order valence-corrected chi connectivity index (χ4v) is 1.49. The van der Waals surface area contributed by atoms with Crippen LogP contribution in [-0.4, -0.2) is 30.5 Å². The van der Waals surface area contributed by atoms with Crippen LogP contribution >= 0.6 is 0 Å². The molecule has 0 aliphatic rings. The number of hydrogen-bond donors (Lipinski definition) is 2. The van der Waals surface area contributed by atoms with Crippen LogP contribution in [0.25, 0.3) is 0 Å². The highest BCUT2D eigenvalue weighted by Gasteiger charge is 2.14. The molecule has 3 N–H and O–H groups in total. The molecular weight excluding hydrogens is 202 g/mol. The van der Waals surface area contributed by atoms with Crippen molar-refractivity contribution in [2.45, 2.75) is 31.9 Å². The highest BCUT2D eigenvalue weighted by atomic mass is 16.5. The molecule has 0 aromatic heterocycles. The Kier molecular flexibility index (Phi) is 6.08. The van der Waals surface area contributed by atoms with Gasteiger partial charge in [-0.25, -0.2) is 0 Å². The van der Waals surface area contributed by atoms with Crippen LogP contribution in [0.4, 0.5) is 0 Å². The number of hydrogen-bond acceptors (Lipinski definition) is 3. The van der Waals surface area contributed by atoms with Crippen molar-refractivity contribution >= 4 is 0 Å². The Labute approximate surface area is 97.2 Å². The molecule has 2 unspecified atom stereocenters. The van der Waals surface area contributed by atoms with Crippen LogP contribution in [0.3, 0.4) is 0 Å². The van der Waals surface area contributed by atoms with E-state index in [1.165, 1.54) is 0 Å². The van der Waals surface area contributed by atoms with Crippen molar-refractivity contribution in [2.75, 3.05) is 13.2 Å². The third-order valence-corrected chi connectivity index (χ3v) is 2.45. The molecule has 1 aromatic rings. The molecule has 0 spiro atoms. The molecule has 0 bridgehead atoms. The molecule has 2 atom stereocenters. The molecule has 3 heteroatoms. The predicted molar refractivity (Wildman–Crippen MR) is 65.2 cm³/mol. The second-order valence-electron chi connectivity index (χ2n) is 4.00. The molecule has 0 fully saturated rings. The van der Waals surface area contributed by atoms with Crippen molar-refractivity contribution in [1.29, 1.82) is 0 Å². The molecule has 0 saturated carbocycles. The molecule has 0 aliphatic heterocycles. The quantitative estimate of drug-likeness (QED) is 0.686. The number of nitrogens with two attached hydrogens (primary N) is 1. The van der Waals surface area contributed by atoms with E-state index >= 15 is 0 Å². The van der Waals surface area contributed by atoms with Crippen LogP contribution in [0.15, 0.2) is 30.3 Å². The Balaban J connectivity index is 2.31. The Bertz CT molecular complexity index is 277. The normalized spacial score (nSPS) is 14.7. The lowest BCUT2D eigenvalue weighted by Gasteiger charge is -2.18. The van der Waals surface area contributed by atoms with Gasteiger partial charge < -0.3 is 15.6 Å². The van der Waals surface area contributed by atoms with Gasteiger partial charge in [0, 0.05) is 12.6 Å². The summed E-state index contributed by atoms with van der Waals surface area (Å²) in [4.78, 5) is 0. The van der Waals surface area contributed by atoms with Gasteiger partial charge in [-0.3, -0.25) is 0 Å². The second kappa shape index (κ2) is 7.39. The third kappa shape index (κ3) is 4.75. The van der Waals surface area contributed by atoms with Gasteiger partial charge in [-0.05, 0) is 18.4 Å². The Morgan fingerprint density at radius 3 is 2.62 bits per heavy atom. The number of benzene rings is 1. The monoisotopic (exact) mass is 223 g/mol. The highest BCUT2D eigenvalue weighted by molar-refractivity contribution is 5.16. The first kappa shape index (κ1) is 13.2. The van der Waals surface area contributed by atoms with E-state index in [1.54, 1.807) is 0 Å². The summed E-state index contributed by atoms with van der Waals surface area (Å²) in [5, 5.41) is 9.76. The van der Waals surface area contributed by atoms with Crippen molar-refractivity contribution in [2.24, 2.45) is 5.73 Å². The molecule has 3 nitrogen and oxygen atoms in total. The van der Waals surface area contributed by atoms with E-state index in [4.69, 9.17) is 10.5 Å². The maximum absolute atomic E-state index is 9.76. The number of ether oxygens (including phenoxy) is 1. The van der Waals surface area contributed by atoms with Gasteiger partial charge in [-0.15, -0.1) is 0 Å². The van der Waals surface area contributed by atoms with E-state index in [0.717, 1.165) is 12.0 Å². The van der Waals surface area contributed by atoms with Gasteiger partial charge in [-0.1, -0.05) is 37.3 Å². The topological polar surface area (TPSA) is 55.5 Å². The van der Waals surface area contributed by atoms with Gasteiger partial charge in [0.05, 0.1) is 12.7 Å². The zero-order valence-electron chi connectivity index (χ0n) is 9.80. The fourth-order valence-electron chi connectivity index (χ4n) is 1.49. The molecule has 0 aliphatic carbocycles. The predicted octanol–water partition coefficient (Wildman–Crippen LogP) is 1.34. The van der Waals surface area contributed by atoms with Crippen LogP contribution in [0.1, 0.15) is 18.9 Å². The summed E-state index contributed by atoms with van der Waals surface area (Å²) >= 11 is 0. The molecule has 0 saturated heterocycles. The number of aliphatic hydroxyl groups excluding tert-OH is 1. The van der Waals surface area contributed by atoms with Crippen LogP contribution < -0.4 is 5.73 Å². The molecule has 1 rings (SSSR count). The van der Waals surface area contributed by atoms with E-state index in [-0.39, 0.29) is 6.04 Å². The lowest BCUT2D eigenvalue weighted by molar-refractivity contribution is 0.0238. The van der Waals surface area contributed by atoms with Gasteiger partial charge in [0.15, 0.2) is 0 Å². The lowest BCUT2D eigenvalue weighted by Crippen LogP contribution is -2.39. The molecule has 0 amide bonds. The van der Waals surface area contributed by atoms with Crippen LogP contribution in [0.5, 0.6) is 0 Å². The van der Waals surface area contributed by atoms with Gasteiger partial charge in [0.25, 0.3) is 0 Å². The Morgan fingerprint density at radius 1 is 1.31 bits per heavy atom. The van der Waals surface area contributed by atoms with Gasteiger partial charge >= 0.3 is 0 Å². The average Bonchev–Trinajstić information content (AvgIpc) is 2.30. The van der Waals surface area contributed by atoms with Crippen molar-refractivity contribution < 1.29 is 9.84 Å². The summed E-state index contributed by atoms with van der Waals surface area (Å²) in [6.45, 7) is 3.03. The van der Waals surface area contributed by atoms with E-state index in [0.29, 0.717) is 19.6 Å². The number of aliphatic hydroxyl groups is 1. The van der Waals surface area contributed by atoms with E-state index in [9.17, 15) is 5.11 Å². The molecule has 1 aromatic carbocycles. The zero-order valence-corrected chi connectivity index (χ0v) is 9.80. The first-order valence-electron chi connectivity index (χ1n) is 5.79. The first-order valence-corrected chi connectivity index (χ1v) is 5.79. The summed E-state index contributed by atoms with van der Waals surface area (Å²) in [6.07, 6.45) is 1.05. The molecule has 16 heavy (non-hydrogen) atoms. The largest absolute Gasteiger partial charge is 0.389 e. The van der Waals surface area contributed by atoms with Crippen LogP contribution in [0.2, 0.25) is 0 Å². The van der Waals surface area contributed by atoms with E-state index < -0.39 is 6.10 Å².